The van der Waals surface area contributed by atoms with Crippen molar-refractivity contribution in [1.82, 2.24) is 0 Å². The number of hydrogen-bond donors (Lipinski definition) is 1. The Morgan fingerprint density at radius 1 is 1.62 bits per heavy atom. The van der Waals surface area contributed by atoms with Crippen molar-refractivity contribution >= 4 is 5.97 Å². The summed E-state index contributed by atoms with van der Waals surface area (Å²) in [6.45, 7) is 4.60. The monoisotopic (exact) mass is 126 g/mol. The second-order valence-electron chi connectivity index (χ2n) is 1.09. The molecule has 0 heterocycles. The van der Waals surface area contributed by atoms with Gasteiger partial charge in [-0.3, -0.25) is 0 Å². The molecular formula is C4H7NaO3. The second-order valence-corrected chi connectivity index (χ2v) is 1.09. The van der Waals surface area contributed by atoms with Crippen molar-refractivity contribution in [2.45, 2.75) is 6.92 Å². The molecular weight excluding hydrogens is 119 g/mol. The third kappa shape index (κ3) is 9.48. The van der Waals surface area contributed by atoms with Gasteiger partial charge in [-0.15, -0.1) is 0 Å². The molecule has 0 saturated carbocycles. The maximum Gasteiger partial charge on any atom is 1.00 e. The first kappa shape index (κ1) is 15.7. The van der Waals surface area contributed by atoms with Crippen LogP contribution in [0.2, 0.25) is 0 Å². The molecule has 0 aliphatic heterocycles. The van der Waals surface area contributed by atoms with Crippen molar-refractivity contribution in [2.75, 3.05) is 0 Å². The van der Waals surface area contributed by atoms with Crippen LogP contribution in [0.5, 0.6) is 0 Å². The average molecular weight is 126 g/mol. The van der Waals surface area contributed by atoms with Gasteiger partial charge in [0.05, 0.1) is 0 Å². The number of carbonyl (C=O) groups is 1. The molecule has 0 aromatic rings. The minimum atomic E-state index is -0.935. The van der Waals surface area contributed by atoms with Gasteiger partial charge >= 0.3 is 35.5 Å². The zero-order valence-electron chi connectivity index (χ0n) is 5.01. The summed E-state index contributed by atoms with van der Waals surface area (Å²) in [6, 6.07) is 0. The Labute approximate surface area is 70.0 Å². The summed E-state index contributed by atoms with van der Waals surface area (Å²) in [5.41, 5.74) is 0.176. The van der Waals surface area contributed by atoms with E-state index < -0.39 is 5.97 Å². The van der Waals surface area contributed by atoms with Crippen molar-refractivity contribution in [1.29, 1.82) is 0 Å². The Morgan fingerprint density at radius 2 is 1.75 bits per heavy atom. The fraction of sp³-hybridized carbons (Fsp3) is 0.250. The second kappa shape index (κ2) is 7.17. The molecule has 0 bridgehead atoms. The van der Waals surface area contributed by atoms with Crippen molar-refractivity contribution in [2.24, 2.45) is 0 Å². The summed E-state index contributed by atoms with van der Waals surface area (Å²) in [7, 11) is 0. The molecule has 0 aromatic carbocycles. The van der Waals surface area contributed by atoms with E-state index >= 15 is 0 Å². The van der Waals surface area contributed by atoms with Crippen molar-refractivity contribution < 1.29 is 44.9 Å². The molecule has 0 spiro atoms. The maximum absolute atomic E-state index is 9.60. The van der Waals surface area contributed by atoms with E-state index in [1.165, 1.54) is 6.92 Å². The number of aliphatic carboxylic acids is 1. The summed E-state index contributed by atoms with van der Waals surface area (Å²) < 4.78 is 0. The van der Waals surface area contributed by atoms with E-state index in [2.05, 4.69) is 6.58 Å². The Bertz CT molecular complexity index is 77.3. The molecule has 0 saturated heterocycles. The molecule has 0 fully saturated rings. The van der Waals surface area contributed by atoms with Gasteiger partial charge in [-0.2, -0.15) is 0 Å². The van der Waals surface area contributed by atoms with E-state index in [1.54, 1.807) is 0 Å². The van der Waals surface area contributed by atoms with E-state index in [4.69, 9.17) is 5.11 Å². The van der Waals surface area contributed by atoms with Gasteiger partial charge in [0.25, 0.3) is 0 Å². The smallest absolute Gasteiger partial charge is 0.870 e. The zero-order valence-corrected chi connectivity index (χ0v) is 7.01. The molecule has 8 heavy (non-hydrogen) atoms. The molecule has 0 aliphatic carbocycles. The van der Waals surface area contributed by atoms with Gasteiger partial charge in [-0.05, 0) is 6.92 Å². The zero-order chi connectivity index (χ0) is 5.15. The summed E-state index contributed by atoms with van der Waals surface area (Å²) in [5, 5.41) is 7.89. The molecule has 0 unspecified atom stereocenters. The van der Waals surface area contributed by atoms with Crippen molar-refractivity contribution in [3.8, 4) is 0 Å². The molecule has 0 amide bonds. The molecule has 0 radical (unpaired) electrons. The first-order valence-corrected chi connectivity index (χ1v) is 1.53. The fourth-order valence-electron chi connectivity index (χ4n) is 0. The molecule has 0 aliphatic rings. The van der Waals surface area contributed by atoms with Gasteiger partial charge in [0.1, 0.15) is 0 Å². The molecule has 2 N–H and O–H groups in total. The van der Waals surface area contributed by atoms with Crippen LogP contribution in [0.3, 0.4) is 0 Å². The van der Waals surface area contributed by atoms with E-state index in [0.29, 0.717) is 0 Å². The number of hydrogen-bond acceptors (Lipinski definition) is 2. The maximum atomic E-state index is 9.60. The third-order valence-electron chi connectivity index (χ3n) is 0.365. The van der Waals surface area contributed by atoms with E-state index in [1.807, 2.05) is 0 Å². The first-order chi connectivity index (χ1) is 2.64. The van der Waals surface area contributed by atoms with Crippen LogP contribution < -0.4 is 29.6 Å². The van der Waals surface area contributed by atoms with Gasteiger partial charge in [0, 0.05) is 5.57 Å². The molecule has 0 aromatic heterocycles. The Hall–Kier alpha value is 0.170. The topological polar surface area (TPSA) is 67.3 Å². The SMILES string of the molecule is C=C(C)C(=O)O.[Na+].[OH-]. The summed E-state index contributed by atoms with van der Waals surface area (Å²) >= 11 is 0. The standard InChI is InChI=1S/C4H6O2.Na.H2O/c1-3(2)4(5)6;;/h1H2,2H3,(H,5,6);;1H2/q;+1;/p-1. The van der Waals surface area contributed by atoms with Gasteiger partial charge in [-0.25, -0.2) is 4.79 Å². The average Bonchev–Trinajstić information content (AvgIpc) is 1.36. The van der Waals surface area contributed by atoms with Crippen LogP contribution in [0, 0.1) is 0 Å². The predicted octanol–water partition coefficient (Wildman–Crippen LogP) is -2.53. The summed E-state index contributed by atoms with van der Waals surface area (Å²) in [6.07, 6.45) is 0. The Balaban J connectivity index is -0.000000125. The number of carboxylic acid groups (broad SMARTS) is 1. The number of rotatable bonds is 1. The van der Waals surface area contributed by atoms with E-state index in [0.717, 1.165) is 0 Å². The van der Waals surface area contributed by atoms with Gasteiger partial charge < -0.3 is 10.6 Å². The van der Waals surface area contributed by atoms with Crippen molar-refractivity contribution in [3.63, 3.8) is 0 Å². The molecule has 0 atom stereocenters. The Morgan fingerprint density at radius 3 is 1.75 bits per heavy atom. The van der Waals surface area contributed by atoms with Crippen LogP contribution in [0.15, 0.2) is 12.2 Å². The molecule has 0 rings (SSSR count). The molecule has 42 valence electrons. The molecule has 3 nitrogen and oxygen atoms in total. The normalized spacial score (nSPS) is 5.62. The third-order valence-corrected chi connectivity index (χ3v) is 0.365. The van der Waals surface area contributed by atoms with Crippen LogP contribution in [-0.2, 0) is 4.79 Å². The summed E-state index contributed by atoms with van der Waals surface area (Å²) in [4.78, 5) is 9.60. The van der Waals surface area contributed by atoms with Crippen LogP contribution >= 0.6 is 0 Å². The minimum Gasteiger partial charge on any atom is -0.870 e. The largest absolute Gasteiger partial charge is 1.00 e. The van der Waals surface area contributed by atoms with Crippen LogP contribution in [0.1, 0.15) is 6.92 Å². The van der Waals surface area contributed by atoms with Gasteiger partial charge in [0.15, 0.2) is 0 Å². The van der Waals surface area contributed by atoms with Crippen molar-refractivity contribution in [3.05, 3.63) is 12.2 Å². The van der Waals surface area contributed by atoms with E-state index in [9.17, 15) is 4.79 Å². The van der Waals surface area contributed by atoms with Gasteiger partial charge in [0.2, 0.25) is 0 Å². The minimum absolute atomic E-state index is 0. The summed E-state index contributed by atoms with van der Waals surface area (Å²) in [5.74, 6) is -0.935. The van der Waals surface area contributed by atoms with Crippen LogP contribution in [0.4, 0.5) is 0 Å². The molecule has 4 heteroatoms. The first-order valence-electron chi connectivity index (χ1n) is 1.53. The predicted molar refractivity (Wildman–Crippen MR) is 24.4 cm³/mol. The number of carboxylic acids is 1. The van der Waals surface area contributed by atoms with Crippen LogP contribution in [-0.4, -0.2) is 16.6 Å². The van der Waals surface area contributed by atoms with E-state index in [-0.39, 0.29) is 40.6 Å². The van der Waals surface area contributed by atoms with Crippen LogP contribution in [0.25, 0.3) is 0 Å². The fourth-order valence-corrected chi connectivity index (χ4v) is 0. The quantitative estimate of drug-likeness (QED) is 0.311. The van der Waals surface area contributed by atoms with Gasteiger partial charge in [-0.1, -0.05) is 6.58 Å². The Kier molecular flexibility index (Phi) is 14.1.